The van der Waals surface area contributed by atoms with Gasteiger partial charge in [-0.15, -0.1) is 0 Å². The summed E-state index contributed by atoms with van der Waals surface area (Å²) >= 11 is 1.42. The second-order valence-electron chi connectivity index (χ2n) is 3.53. The summed E-state index contributed by atoms with van der Waals surface area (Å²) in [6.07, 6.45) is 1.63. The summed E-state index contributed by atoms with van der Waals surface area (Å²) in [5, 5.41) is 1.52. The Bertz CT molecular complexity index is 484. The lowest BCUT2D eigenvalue weighted by Gasteiger charge is -2.15. The fraction of sp³-hybridized carbons (Fsp3) is 0.182. The van der Waals surface area contributed by atoms with Crippen LogP contribution in [0.1, 0.15) is 5.56 Å². The number of nitrogen functional groups attached to an aromatic ring is 1. The van der Waals surface area contributed by atoms with Crippen LogP contribution in [-0.2, 0) is 6.54 Å². The first-order chi connectivity index (χ1) is 7.65. The summed E-state index contributed by atoms with van der Waals surface area (Å²) in [7, 11) is 1.91. The summed E-state index contributed by atoms with van der Waals surface area (Å²) in [6, 6.07) is 6.55. The van der Waals surface area contributed by atoms with Crippen molar-refractivity contribution in [3.8, 4) is 0 Å². The average Bonchev–Trinajstić information content (AvgIpc) is 2.65. The monoisotopic (exact) mass is 237 g/mol. The maximum absolute atomic E-state index is 13.0. The molecule has 0 fully saturated rings. The molecule has 0 saturated heterocycles. The lowest BCUT2D eigenvalue weighted by atomic mass is 10.2. The molecule has 1 heterocycles. The van der Waals surface area contributed by atoms with Crippen LogP contribution < -0.4 is 10.6 Å². The molecule has 3 nitrogen and oxygen atoms in total. The minimum Gasteiger partial charge on any atom is -0.389 e. The van der Waals surface area contributed by atoms with Gasteiger partial charge < -0.3 is 10.6 Å². The van der Waals surface area contributed by atoms with Crippen LogP contribution in [0.3, 0.4) is 0 Å². The number of anilines is 2. The number of rotatable bonds is 3. The van der Waals surface area contributed by atoms with Gasteiger partial charge in [-0.2, -0.15) is 0 Å². The summed E-state index contributed by atoms with van der Waals surface area (Å²) in [4.78, 5) is 6.10. The van der Waals surface area contributed by atoms with Gasteiger partial charge >= 0.3 is 0 Å². The summed E-state index contributed by atoms with van der Waals surface area (Å²) in [6.45, 7) is 0.616. The van der Waals surface area contributed by atoms with Crippen molar-refractivity contribution < 1.29 is 4.39 Å². The smallest absolute Gasteiger partial charge is 0.187 e. The molecule has 0 spiro atoms. The Morgan fingerprint density at radius 1 is 1.50 bits per heavy atom. The first-order valence-corrected chi connectivity index (χ1v) is 5.63. The van der Waals surface area contributed by atoms with E-state index in [2.05, 4.69) is 4.98 Å². The molecule has 0 aliphatic carbocycles. The van der Waals surface area contributed by atoms with E-state index in [-0.39, 0.29) is 5.82 Å². The zero-order valence-corrected chi connectivity index (χ0v) is 9.67. The van der Waals surface area contributed by atoms with Crippen molar-refractivity contribution in [2.45, 2.75) is 6.54 Å². The largest absolute Gasteiger partial charge is 0.389 e. The van der Waals surface area contributed by atoms with Crippen molar-refractivity contribution in [2.24, 2.45) is 0 Å². The fourth-order valence-corrected chi connectivity index (χ4v) is 2.07. The van der Waals surface area contributed by atoms with Crippen LogP contribution in [-0.4, -0.2) is 12.0 Å². The van der Waals surface area contributed by atoms with Gasteiger partial charge in [-0.05, 0) is 17.7 Å². The highest BCUT2D eigenvalue weighted by atomic mass is 32.1. The van der Waals surface area contributed by atoms with E-state index >= 15 is 0 Å². The van der Waals surface area contributed by atoms with Crippen LogP contribution in [0.2, 0.25) is 0 Å². The van der Waals surface area contributed by atoms with Gasteiger partial charge in [0.1, 0.15) is 10.8 Å². The van der Waals surface area contributed by atoms with E-state index in [0.717, 1.165) is 10.7 Å². The zero-order valence-electron chi connectivity index (χ0n) is 8.85. The Morgan fingerprint density at radius 2 is 2.31 bits per heavy atom. The normalized spacial score (nSPS) is 10.4. The van der Waals surface area contributed by atoms with Crippen LogP contribution >= 0.6 is 11.3 Å². The van der Waals surface area contributed by atoms with Gasteiger partial charge in [-0.1, -0.05) is 23.5 Å². The molecular formula is C11H12FN3S. The molecule has 2 aromatic rings. The lowest BCUT2D eigenvalue weighted by molar-refractivity contribution is 0.625. The Kier molecular flexibility index (Phi) is 3.05. The lowest BCUT2D eigenvalue weighted by Crippen LogP contribution is -2.15. The fourth-order valence-electron chi connectivity index (χ4n) is 1.43. The van der Waals surface area contributed by atoms with E-state index in [0.29, 0.717) is 11.5 Å². The number of hydrogen-bond acceptors (Lipinski definition) is 4. The molecule has 0 amide bonds. The van der Waals surface area contributed by atoms with E-state index < -0.39 is 0 Å². The van der Waals surface area contributed by atoms with Gasteiger partial charge in [-0.25, -0.2) is 9.37 Å². The van der Waals surface area contributed by atoms with Crippen LogP contribution in [0, 0.1) is 5.82 Å². The Labute approximate surface area is 97.3 Å². The van der Waals surface area contributed by atoms with Crippen molar-refractivity contribution in [2.75, 3.05) is 17.7 Å². The maximum atomic E-state index is 13.0. The van der Waals surface area contributed by atoms with Crippen LogP contribution in [0.5, 0.6) is 0 Å². The molecule has 1 aromatic carbocycles. The van der Waals surface area contributed by atoms with Crippen molar-refractivity contribution >= 4 is 21.5 Å². The standard InChI is InChI=1S/C11H12FN3S/c1-15(11-14-6-10(13)16-11)7-8-3-2-4-9(12)5-8/h2-6H,7,13H2,1H3. The first-order valence-electron chi connectivity index (χ1n) is 4.82. The average molecular weight is 237 g/mol. The Balaban J connectivity index is 2.10. The predicted octanol–water partition coefficient (Wildman–Crippen LogP) is 2.50. The molecule has 0 unspecified atom stereocenters. The molecule has 2 N–H and O–H groups in total. The third-order valence-electron chi connectivity index (χ3n) is 2.15. The van der Waals surface area contributed by atoms with Crippen LogP contribution in [0.4, 0.5) is 14.5 Å². The topological polar surface area (TPSA) is 42.2 Å². The van der Waals surface area contributed by atoms with Crippen molar-refractivity contribution in [1.29, 1.82) is 0 Å². The molecule has 0 atom stereocenters. The molecule has 0 bridgehead atoms. The Hall–Kier alpha value is -1.62. The SMILES string of the molecule is CN(Cc1cccc(F)c1)c1ncc(N)s1. The van der Waals surface area contributed by atoms with Gasteiger partial charge in [-0.3, -0.25) is 0 Å². The molecule has 0 saturated carbocycles. The number of hydrogen-bond donors (Lipinski definition) is 1. The molecule has 5 heteroatoms. The van der Waals surface area contributed by atoms with E-state index in [1.807, 2.05) is 18.0 Å². The highest BCUT2D eigenvalue weighted by Crippen LogP contribution is 2.24. The molecule has 2 rings (SSSR count). The van der Waals surface area contributed by atoms with Crippen molar-refractivity contribution in [1.82, 2.24) is 4.98 Å². The number of nitrogens with zero attached hydrogens (tertiary/aromatic N) is 2. The highest BCUT2D eigenvalue weighted by Gasteiger charge is 2.06. The molecule has 0 aliphatic heterocycles. The first kappa shape index (κ1) is 10.9. The summed E-state index contributed by atoms with van der Waals surface area (Å²) in [5.74, 6) is -0.218. The number of nitrogens with two attached hydrogens (primary N) is 1. The highest BCUT2D eigenvalue weighted by molar-refractivity contribution is 7.19. The summed E-state index contributed by atoms with van der Waals surface area (Å²) in [5.41, 5.74) is 6.52. The molecular weight excluding hydrogens is 225 g/mol. The van der Waals surface area contributed by atoms with Gasteiger partial charge in [0.2, 0.25) is 0 Å². The number of aromatic nitrogens is 1. The second kappa shape index (κ2) is 4.49. The van der Waals surface area contributed by atoms with Crippen LogP contribution in [0.25, 0.3) is 0 Å². The van der Waals surface area contributed by atoms with Gasteiger partial charge in [0.25, 0.3) is 0 Å². The number of halogens is 1. The maximum Gasteiger partial charge on any atom is 0.187 e. The van der Waals surface area contributed by atoms with Gasteiger partial charge in [0, 0.05) is 13.6 Å². The molecule has 0 aliphatic rings. The van der Waals surface area contributed by atoms with Crippen LogP contribution in [0.15, 0.2) is 30.5 Å². The third kappa shape index (κ3) is 2.49. The minimum atomic E-state index is -0.218. The Morgan fingerprint density at radius 3 is 2.94 bits per heavy atom. The summed E-state index contributed by atoms with van der Waals surface area (Å²) < 4.78 is 13.0. The van der Waals surface area contributed by atoms with E-state index in [1.165, 1.54) is 23.5 Å². The predicted molar refractivity (Wildman–Crippen MR) is 65.0 cm³/mol. The van der Waals surface area contributed by atoms with E-state index in [9.17, 15) is 4.39 Å². The minimum absolute atomic E-state index is 0.218. The number of benzene rings is 1. The van der Waals surface area contributed by atoms with Gasteiger partial charge in [0.05, 0.1) is 6.20 Å². The molecule has 84 valence electrons. The molecule has 0 radical (unpaired) electrons. The molecule has 16 heavy (non-hydrogen) atoms. The quantitative estimate of drug-likeness (QED) is 0.891. The molecule has 1 aromatic heterocycles. The number of thiazole rings is 1. The second-order valence-corrected chi connectivity index (χ2v) is 4.57. The van der Waals surface area contributed by atoms with Crippen molar-refractivity contribution in [3.63, 3.8) is 0 Å². The van der Waals surface area contributed by atoms with Gasteiger partial charge in [0.15, 0.2) is 5.13 Å². The van der Waals surface area contributed by atoms with E-state index in [4.69, 9.17) is 5.73 Å². The third-order valence-corrected chi connectivity index (χ3v) is 3.09. The van der Waals surface area contributed by atoms with Crippen molar-refractivity contribution in [3.05, 3.63) is 41.8 Å². The zero-order chi connectivity index (χ0) is 11.5. The van der Waals surface area contributed by atoms with E-state index in [1.54, 1.807) is 12.3 Å².